The fourth-order valence-electron chi connectivity index (χ4n) is 2.48. The third kappa shape index (κ3) is 4.57. The molecule has 8 heteroatoms. The highest BCUT2D eigenvalue weighted by Crippen LogP contribution is 2.27. The van der Waals surface area contributed by atoms with E-state index in [1.54, 1.807) is 19.2 Å². The van der Waals surface area contributed by atoms with Gasteiger partial charge in [-0.1, -0.05) is 35.3 Å². The molecule has 3 rings (SSSR count). The fraction of sp³-hybridized carbons (Fsp3) is 0.278. The number of rotatable bonds is 6. The van der Waals surface area contributed by atoms with Crippen molar-refractivity contribution in [2.45, 2.75) is 30.3 Å². The van der Waals surface area contributed by atoms with E-state index in [1.165, 1.54) is 23.1 Å². The average molecular weight is 413 g/mol. The van der Waals surface area contributed by atoms with E-state index < -0.39 is 10.0 Å². The highest BCUT2D eigenvalue weighted by molar-refractivity contribution is 7.89. The predicted octanol–water partition coefficient (Wildman–Crippen LogP) is 3.71. The zero-order valence-corrected chi connectivity index (χ0v) is 16.4. The summed E-state index contributed by atoms with van der Waals surface area (Å²) >= 11 is 11.9. The Morgan fingerprint density at radius 1 is 1.15 bits per heavy atom. The van der Waals surface area contributed by atoms with Crippen LogP contribution in [-0.2, 0) is 16.6 Å². The van der Waals surface area contributed by atoms with Crippen molar-refractivity contribution in [2.75, 3.05) is 7.05 Å². The second-order valence-electron chi connectivity index (χ2n) is 6.33. The van der Waals surface area contributed by atoms with Crippen LogP contribution in [0.15, 0.2) is 47.4 Å². The number of carbonyl (C=O) groups is 1. The van der Waals surface area contributed by atoms with Crippen LogP contribution in [0, 0.1) is 0 Å². The number of amides is 1. The zero-order valence-electron chi connectivity index (χ0n) is 14.1. The molecule has 1 saturated carbocycles. The Labute approximate surface area is 163 Å². The lowest BCUT2D eigenvalue weighted by Crippen LogP contribution is -2.28. The van der Waals surface area contributed by atoms with E-state index in [2.05, 4.69) is 4.72 Å². The van der Waals surface area contributed by atoms with Crippen molar-refractivity contribution in [3.8, 4) is 0 Å². The maximum atomic E-state index is 12.7. The molecule has 2 aromatic carbocycles. The first-order chi connectivity index (χ1) is 12.3. The monoisotopic (exact) mass is 412 g/mol. The predicted molar refractivity (Wildman–Crippen MR) is 102 cm³/mol. The SMILES string of the molecule is CN(Cc1ccc(Cl)cc1)C(=O)c1ccc(Cl)c(S(=O)(=O)NC2CC2)c1. The summed E-state index contributed by atoms with van der Waals surface area (Å²) in [7, 11) is -2.09. The molecule has 0 atom stereocenters. The van der Waals surface area contributed by atoms with E-state index in [0.717, 1.165) is 18.4 Å². The minimum atomic E-state index is -3.74. The molecule has 5 nitrogen and oxygen atoms in total. The number of hydrogen-bond donors (Lipinski definition) is 1. The highest BCUT2D eigenvalue weighted by Gasteiger charge is 2.30. The lowest BCUT2D eigenvalue weighted by Gasteiger charge is -2.18. The van der Waals surface area contributed by atoms with Crippen LogP contribution in [0.3, 0.4) is 0 Å². The van der Waals surface area contributed by atoms with Gasteiger partial charge in [-0.2, -0.15) is 0 Å². The van der Waals surface area contributed by atoms with E-state index in [-0.39, 0.29) is 27.4 Å². The topological polar surface area (TPSA) is 66.5 Å². The summed E-state index contributed by atoms with van der Waals surface area (Å²) in [6, 6.07) is 11.4. The number of nitrogens with zero attached hydrogens (tertiary/aromatic N) is 1. The van der Waals surface area contributed by atoms with Gasteiger partial charge in [0, 0.05) is 30.2 Å². The maximum Gasteiger partial charge on any atom is 0.253 e. The molecule has 0 bridgehead atoms. The van der Waals surface area contributed by atoms with E-state index in [4.69, 9.17) is 23.2 Å². The van der Waals surface area contributed by atoms with Crippen LogP contribution >= 0.6 is 23.2 Å². The quantitative estimate of drug-likeness (QED) is 0.785. The van der Waals surface area contributed by atoms with Crippen LogP contribution in [0.1, 0.15) is 28.8 Å². The van der Waals surface area contributed by atoms with Crippen molar-refractivity contribution >= 4 is 39.1 Å². The summed E-state index contributed by atoms with van der Waals surface area (Å²) in [5.41, 5.74) is 1.18. The van der Waals surface area contributed by atoms with Crippen molar-refractivity contribution in [3.05, 3.63) is 63.6 Å². The molecular weight excluding hydrogens is 395 g/mol. The molecule has 0 radical (unpaired) electrons. The van der Waals surface area contributed by atoms with Gasteiger partial charge in [0.15, 0.2) is 0 Å². The molecular formula is C18H18Cl2N2O3S. The van der Waals surface area contributed by atoms with Gasteiger partial charge in [-0.25, -0.2) is 13.1 Å². The normalized spacial score (nSPS) is 14.3. The van der Waals surface area contributed by atoms with E-state index >= 15 is 0 Å². The summed E-state index contributed by atoms with van der Waals surface area (Å²) in [5, 5.41) is 0.716. The zero-order chi connectivity index (χ0) is 18.9. The summed E-state index contributed by atoms with van der Waals surface area (Å²) in [6.45, 7) is 0.376. The number of benzene rings is 2. The molecule has 1 amide bonds. The number of hydrogen-bond acceptors (Lipinski definition) is 3. The maximum absolute atomic E-state index is 12.7. The van der Waals surface area contributed by atoms with Gasteiger partial charge in [0.25, 0.3) is 5.91 Å². The van der Waals surface area contributed by atoms with Gasteiger partial charge >= 0.3 is 0 Å². The first kappa shape index (κ1) is 19.2. The molecule has 1 aliphatic carbocycles. The second-order valence-corrected chi connectivity index (χ2v) is 8.85. The van der Waals surface area contributed by atoms with Gasteiger partial charge in [-0.15, -0.1) is 0 Å². The molecule has 0 unspecified atom stereocenters. The Morgan fingerprint density at radius 3 is 2.42 bits per heavy atom. The molecule has 2 aromatic rings. The summed E-state index contributed by atoms with van der Waals surface area (Å²) in [6.07, 6.45) is 1.64. The molecule has 1 aliphatic rings. The van der Waals surface area contributed by atoms with Gasteiger partial charge in [0.05, 0.1) is 5.02 Å². The minimum absolute atomic E-state index is 0.0389. The van der Waals surface area contributed by atoms with Crippen LogP contribution in [0.5, 0.6) is 0 Å². The smallest absolute Gasteiger partial charge is 0.253 e. The molecule has 0 aromatic heterocycles. The van der Waals surface area contributed by atoms with E-state index in [9.17, 15) is 13.2 Å². The van der Waals surface area contributed by atoms with Gasteiger partial charge in [0.1, 0.15) is 4.90 Å². The van der Waals surface area contributed by atoms with Gasteiger partial charge in [0.2, 0.25) is 10.0 Å². The van der Waals surface area contributed by atoms with Gasteiger partial charge in [-0.05, 0) is 48.7 Å². The van der Waals surface area contributed by atoms with Gasteiger partial charge < -0.3 is 4.90 Å². The van der Waals surface area contributed by atoms with Crippen molar-refractivity contribution < 1.29 is 13.2 Å². The largest absolute Gasteiger partial charge is 0.337 e. The van der Waals surface area contributed by atoms with Crippen LogP contribution in [0.2, 0.25) is 10.0 Å². The first-order valence-corrected chi connectivity index (χ1v) is 10.3. The fourth-order valence-corrected chi connectivity index (χ4v) is 4.44. The molecule has 0 saturated heterocycles. The molecule has 138 valence electrons. The summed E-state index contributed by atoms with van der Waals surface area (Å²) in [4.78, 5) is 14.1. The molecule has 26 heavy (non-hydrogen) atoms. The second kappa shape index (κ2) is 7.56. The standard InChI is InChI=1S/C18H18Cl2N2O3S/c1-22(11-12-2-5-14(19)6-3-12)18(23)13-4-9-16(20)17(10-13)26(24,25)21-15-7-8-15/h2-6,9-10,15,21H,7-8,11H2,1H3. The van der Waals surface area contributed by atoms with Crippen molar-refractivity contribution in [2.24, 2.45) is 0 Å². The Bertz CT molecular complexity index is 926. The molecule has 1 N–H and O–H groups in total. The molecule has 0 spiro atoms. The lowest BCUT2D eigenvalue weighted by molar-refractivity contribution is 0.0785. The average Bonchev–Trinajstić information content (AvgIpc) is 3.39. The Morgan fingerprint density at radius 2 is 1.81 bits per heavy atom. The number of sulfonamides is 1. The summed E-state index contributed by atoms with van der Waals surface area (Å²) < 4.78 is 27.5. The molecule has 0 heterocycles. The number of carbonyl (C=O) groups excluding carboxylic acids is 1. The van der Waals surface area contributed by atoms with E-state index in [1.807, 2.05) is 12.1 Å². The molecule has 1 fully saturated rings. The van der Waals surface area contributed by atoms with Crippen molar-refractivity contribution in [1.82, 2.24) is 9.62 Å². The van der Waals surface area contributed by atoms with Crippen LogP contribution < -0.4 is 4.72 Å². The Hall–Kier alpha value is -1.60. The minimum Gasteiger partial charge on any atom is -0.337 e. The Kier molecular flexibility index (Phi) is 5.58. The third-order valence-electron chi connectivity index (χ3n) is 4.05. The first-order valence-electron chi connectivity index (χ1n) is 8.08. The Balaban J connectivity index is 1.80. The van der Waals surface area contributed by atoms with Crippen LogP contribution in [0.25, 0.3) is 0 Å². The van der Waals surface area contributed by atoms with Gasteiger partial charge in [-0.3, -0.25) is 4.79 Å². The third-order valence-corrected chi connectivity index (χ3v) is 6.30. The molecule has 0 aliphatic heterocycles. The van der Waals surface area contributed by atoms with Crippen molar-refractivity contribution in [1.29, 1.82) is 0 Å². The van der Waals surface area contributed by atoms with Crippen molar-refractivity contribution in [3.63, 3.8) is 0 Å². The van der Waals surface area contributed by atoms with Crippen LogP contribution in [-0.4, -0.2) is 32.3 Å². The van der Waals surface area contributed by atoms with E-state index in [0.29, 0.717) is 11.6 Å². The highest BCUT2D eigenvalue weighted by atomic mass is 35.5. The number of nitrogens with one attached hydrogen (secondary N) is 1. The lowest BCUT2D eigenvalue weighted by atomic mass is 10.1. The summed E-state index contributed by atoms with van der Waals surface area (Å²) in [5.74, 6) is -0.292. The number of halogens is 2. The van der Waals surface area contributed by atoms with Crippen LogP contribution in [0.4, 0.5) is 0 Å².